The predicted octanol–water partition coefficient (Wildman–Crippen LogP) is 5.55. The first kappa shape index (κ1) is 26.3. The van der Waals surface area contributed by atoms with Crippen LogP contribution in [-0.4, -0.2) is 49.5 Å². The van der Waals surface area contributed by atoms with Crippen LogP contribution >= 0.6 is 23.4 Å². The van der Waals surface area contributed by atoms with E-state index in [-0.39, 0.29) is 5.91 Å². The van der Waals surface area contributed by atoms with Gasteiger partial charge in [-0.1, -0.05) is 30.3 Å². The summed E-state index contributed by atoms with van der Waals surface area (Å²) in [5, 5.41) is 2.99. The molecule has 0 aromatic heterocycles. The van der Waals surface area contributed by atoms with Gasteiger partial charge in [-0.2, -0.15) is 0 Å². The molecule has 0 aliphatic carbocycles. The number of nitrogens with one attached hydrogen (secondary N) is 1. The first-order valence-electron chi connectivity index (χ1n) is 10.8. The summed E-state index contributed by atoms with van der Waals surface area (Å²) in [7, 11) is 4.59. The molecule has 0 atom stereocenters. The zero-order chi connectivity index (χ0) is 23.4. The Labute approximate surface area is 202 Å². The maximum Gasteiger partial charge on any atom is 0.234 e. The lowest BCUT2D eigenvalue weighted by Crippen LogP contribution is -2.50. The predicted molar refractivity (Wildman–Crippen MR) is 136 cm³/mol. The number of quaternary nitrogens is 1. The first-order chi connectivity index (χ1) is 15.4. The number of ether oxygens (including phenoxy) is 1. The number of anilines is 1. The summed E-state index contributed by atoms with van der Waals surface area (Å²) in [4.78, 5) is 13.4. The van der Waals surface area contributed by atoms with Crippen LogP contribution in [0.5, 0.6) is 0 Å². The molecule has 0 spiro atoms. The molecule has 2 aromatic rings. The number of terminal acetylenes is 1. The minimum Gasteiger partial charge on any atom is -0.381 e. The molecule has 1 fully saturated rings. The Morgan fingerprint density at radius 2 is 1.81 bits per heavy atom. The van der Waals surface area contributed by atoms with Crippen molar-refractivity contribution in [2.75, 3.05) is 38.4 Å². The van der Waals surface area contributed by atoms with E-state index in [0.29, 0.717) is 17.7 Å². The molecule has 1 N–H and O–H groups in total. The average molecular weight is 474 g/mol. The minimum absolute atomic E-state index is 0.00885. The first-order valence-corrected chi connectivity index (χ1v) is 12.3. The highest BCUT2D eigenvalue weighted by Crippen LogP contribution is 2.25. The molecule has 32 heavy (non-hydrogen) atoms. The molecule has 172 valence electrons. The van der Waals surface area contributed by atoms with E-state index in [2.05, 4.69) is 43.9 Å². The van der Waals surface area contributed by atoms with Crippen molar-refractivity contribution in [1.82, 2.24) is 0 Å². The van der Waals surface area contributed by atoms with E-state index >= 15 is 0 Å². The minimum atomic E-state index is -0.00885. The van der Waals surface area contributed by atoms with Crippen molar-refractivity contribution in [2.24, 2.45) is 0 Å². The fraction of sp³-hybridized carbons (Fsp3) is 0.423. The third kappa shape index (κ3) is 8.52. The van der Waals surface area contributed by atoms with E-state index in [0.717, 1.165) is 53.2 Å². The van der Waals surface area contributed by atoms with Crippen molar-refractivity contribution in [3.63, 3.8) is 0 Å². The van der Waals surface area contributed by atoms with Crippen molar-refractivity contribution in [3.8, 4) is 12.3 Å². The molecule has 4 nitrogen and oxygen atoms in total. The van der Waals surface area contributed by atoms with Crippen molar-refractivity contribution < 1.29 is 14.0 Å². The highest BCUT2D eigenvalue weighted by Gasteiger charge is 2.30. The lowest BCUT2D eigenvalue weighted by Gasteiger charge is -2.40. The van der Waals surface area contributed by atoms with Gasteiger partial charge >= 0.3 is 0 Å². The average Bonchev–Trinajstić information content (AvgIpc) is 2.80. The molecule has 1 aliphatic heterocycles. The van der Waals surface area contributed by atoms with Gasteiger partial charge in [-0.15, -0.1) is 35.7 Å². The zero-order valence-electron chi connectivity index (χ0n) is 19.3. The maximum absolute atomic E-state index is 12.3. The van der Waals surface area contributed by atoms with Crippen molar-refractivity contribution in [3.05, 3.63) is 59.7 Å². The van der Waals surface area contributed by atoms with Crippen LogP contribution in [0.1, 0.15) is 30.9 Å². The van der Waals surface area contributed by atoms with E-state index in [9.17, 15) is 4.79 Å². The third-order valence-corrected chi connectivity index (χ3v) is 6.89. The van der Waals surface area contributed by atoms with Gasteiger partial charge in [-0.25, -0.2) is 0 Å². The Morgan fingerprint density at radius 3 is 2.44 bits per heavy atom. The monoisotopic (exact) mass is 473 g/mol. The molecule has 1 amide bonds. The Morgan fingerprint density at radius 1 is 1.19 bits per heavy atom. The van der Waals surface area contributed by atoms with E-state index < -0.39 is 0 Å². The van der Waals surface area contributed by atoms with Crippen LogP contribution in [0, 0.1) is 12.3 Å². The van der Waals surface area contributed by atoms with Gasteiger partial charge in [-0.05, 0) is 30.7 Å². The summed E-state index contributed by atoms with van der Waals surface area (Å²) >= 11 is 7.48. The van der Waals surface area contributed by atoms with Crippen molar-refractivity contribution in [1.29, 1.82) is 0 Å². The van der Waals surface area contributed by atoms with E-state index in [1.807, 2.05) is 36.4 Å². The number of amides is 1. The van der Waals surface area contributed by atoms with Crippen LogP contribution in [0.3, 0.4) is 0 Å². The van der Waals surface area contributed by atoms with Crippen LogP contribution in [0.4, 0.5) is 5.69 Å². The number of benzene rings is 2. The van der Waals surface area contributed by atoms with Crippen LogP contribution in [-0.2, 0) is 22.0 Å². The number of nitrogens with zero attached hydrogens (tertiary/aromatic N) is 1. The molecule has 6 heteroatoms. The number of rotatable bonds is 8. The fourth-order valence-electron chi connectivity index (χ4n) is 3.77. The normalized spacial score (nSPS) is 14.1. The summed E-state index contributed by atoms with van der Waals surface area (Å²) in [6, 6.07) is 16.8. The molecule has 1 saturated heterocycles. The number of hydrogen-bond donors (Lipinski definition) is 1. The van der Waals surface area contributed by atoms with Crippen molar-refractivity contribution >= 4 is 35.0 Å². The number of alkyl halides is 1. The topological polar surface area (TPSA) is 38.3 Å². The van der Waals surface area contributed by atoms with E-state index in [1.165, 1.54) is 17.3 Å². The third-order valence-electron chi connectivity index (χ3n) is 5.48. The molecule has 1 heterocycles. The number of carbonyl (C=O) groups excluding carboxylic acids is 1. The second-order valence-corrected chi connectivity index (χ2v) is 9.63. The second kappa shape index (κ2) is 13.5. The van der Waals surface area contributed by atoms with Gasteiger partial charge in [0.1, 0.15) is 6.54 Å². The van der Waals surface area contributed by atoms with Gasteiger partial charge in [0, 0.05) is 34.9 Å². The van der Waals surface area contributed by atoms with Gasteiger partial charge in [0.15, 0.2) is 0 Å². The molecule has 0 radical (unpaired) electrons. The second-order valence-electron chi connectivity index (χ2n) is 8.34. The highest BCUT2D eigenvalue weighted by atomic mass is 35.5. The number of carbonyl (C=O) groups is 1. The molecular weight excluding hydrogens is 440 g/mol. The summed E-state index contributed by atoms with van der Waals surface area (Å²) in [6.07, 6.45) is 6.83. The smallest absolute Gasteiger partial charge is 0.234 e. The van der Waals surface area contributed by atoms with Crippen LogP contribution < -0.4 is 5.32 Å². The van der Waals surface area contributed by atoms with Crippen molar-refractivity contribution in [2.45, 2.75) is 43.1 Å². The maximum atomic E-state index is 12.3. The lowest BCUT2D eigenvalue weighted by atomic mass is 10.0. The summed E-state index contributed by atoms with van der Waals surface area (Å²) in [5.74, 6) is 3.06. The van der Waals surface area contributed by atoms with Crippen LogP contribution in [0.15, 0.2) is 53.4 Å². The lowest BCUT2D eigenvalue weighted by molar-refractivity contribution is -0.929. The summed E-state index contributed by atoms with van der Waals surface area (Å²) < 4.78 is 6.46. The summed E-state index contributed by atoms with van der Waals surface area (Å²) in [5.41, 5.74) is 3.17. The molecule has 0 saturated carbocycles. The quantitative estimate of drug-likeness (QED) is 0.236. The Balaban J connectivity index is 0.00000114. The van der Waals surface area contributed by atoms with E-state index in [1.54, 1.807) is 6.92 Å². The number of thioether (sulfide) groups is 1. The van der Waals surface area contributed by atoms with Gasteiger partial charge in [-0.3, -0.25) is 4.79 Å². The van der Waals surface area contributed by atoms with Gasteiger partial charge in [0.25, 0.3) is 0 Å². The Bertz CT molecular complexity index is 887. The molecule has 0 bridgehead atoms. The van der Waals surface area contributed by atoms with Gasteiger partial charge < -0.3 is 14.5 Å². The molecule has 1 aliphatic rings. The molecule has 3 rings (SSSR count). The number of halogens is 1. The molecular formula is C26H34ClN2O2S+. The molecule has 0 unspecified atom stereocenters. The Kier molecular flexibility index (Phi) is 11.1. The van der Waals surface area contributed by atoms with Crippen LogP contribution in [0.25, 0.3) is 0 Å². The zero-order valence-corrected chi connectivity index (χ0v) is 20.8. The summed E-state index contributed by atoms with van der Waals surface area (Å²) in [6.45, 7) is 4.36. The SMILES string of the molecule is C#CC.C[N+](C)(Cc1ccc(NC(=O)CSc2ccccc2CCl)cc1)C1CCOCC1. The fourth-order valence-corrected chi connectivity index (χ4v) is 4.94. The van der Waals surface area contributed by atoms with E-state index in [4.69, 9.17) is 16.3 Å². The van der Waals surface area contributed by atoms with Gasteiger partial charge in [0.2, 0.25) is 5.91 Å². The Hall–Kier alpha value is -1.97. The largest absolute Gasteiger partial charge is 0.381 e. The number of hydrogen-bond acceptors (Lipinski definition) is 3. The standard InChI is InChI=1S/C23H29ClN2O2S.C3H4/c1-26(2,21-11-13-28-14-12-21)16-18-7-9-20(10-8-18)25-23(27)17-29-22-6-4-3-5-19(22)15-24;1-3-2/h3-10,21H,11-17H2,1-2H3;1H,2H3/p+1. The van der Waals surface area contributed by atoms with Gasteiger partial charge in [0.05, 0.1) is 39.1 Å². The molecule has 2 aromatic carbocycles. The van der Waals surface area contributed by atoms with Crippen LogP contribution in [0.2, 0.25) is 0 Å². The highest BCUT2D eigenvalue weighted by molar-refractivity contribution is 8.00.